The third kappa shape index (κ3) is 3.14. The molecule has 1 N–H and O–H groups in total. The predicted molar refractivity (Wildman–Crippen MR) is 70.4 cm³/mol. The summed E-state index contributed by atoms with van der Waals surface area (Å²) in [5, 5.41) is 2.66. The maximum absolute atomic E-state index is 12.4. The third-order valence-electron chi connectivity index (χ3n) is 3.59. The van der Waals surface area contributed by atoms with Gasteiger partial charge in [0.15, 0.2) is 5.78 Å². The molecular formula is C14H23NO4. The van der Waals surface area contributed by atoms with E-state index in [2.05, 4.69) is 5.32 Å². The van der Waals surface area contributed by atoms with Crippen molar-refractivity contribution in [3.63, 3.8) is 0 Å². The van der Waals surface area contributed by atoms with E-state index < -0.39 is 17.4 Å². The first-order valence-corrected chi connectivity index (χ1v) is 7.02. The van der Waals surface area contributed by atoms with E-state index in [0.717, 1.165) is 12.8 Å². The van der Waals surface area contributed by atoms with Crippen LogP contribution >= 0.6 is 0 Å². The first kappa shape index (κ1) is 15.7. The molecular weight excluding hydrogens is 246 g/mol. The van der Waals surface area contributed by atoms with Gasteiger partial charge >= 0.3 is 5.97 Å². The highest BCUT2D eigenvalue weighted by Gasteiger charge is 2.49. The molecule has 0 radical (unpaired) electrons. The summed E-state index contributed by atoms with van der Waals surface area (Å²) in [7, 11) is 0. The van der Waals surface area contributed by atoms with Gasteiger partial charge in [0.05, 0.1) is 6.61 Å². The second-order valence-corrected chi connectivity index (χ2v) is 4.99. The summed E-state index contributed by atoms with van der Waals surface area (Å²) >= 11 is 0. The van der Waals surface area contributed by atoms with Gasteiger partial charge in [0.2, 0.25) is 5.91 Å². The van der Waals surface area contributed by atoms with Gasteiger partial charge in [-0.25, -0.2) is 4.79 Å². The van der Waals surface area contributed by atoms with Crippen molar-refractivity contribution in [3.05, 3.63) is 0 Å². The second-order valence-electron chi connectivity index (χ2n) is 4.99. The Morgan fingerprint density at radius 3 is 2.26 bits per heavy atom. The lowest BCUT2D eigenvalue weighted by Crippen LogP contribution is -2.58. The molecule has 1 unspecified atom stereocenters. The molecule has 1 fully saturated rings. The average Bonchev–Trinajstić information content (AvgIpc) is 2.36. The molecule has 0 bridgehead atoms. The molecule has 1 saturated heterocycles. The molecule has 1 aliphatic heterocycles. The fourth-order valence-electron chi connectivity index (χ4n) is 2.72. The molecule has 1 amide bonds. The van der Waals surface area contributed by atoms with Gasteiger partial charge < -0.3 is 10.1 Å². The van der Waals surface area contributed by atoms with E-state index in [-0.39, 0.29) is 24.7 Å². The smallest absolute Gasteiger partial charge is 0.329 e. The standard InChI is InChI=1S/C14H23NO4/c1-4-7-14(8-5-2)11(16)9-10(15-13(14)18)12(17)19-6-3/h10H,4-9H2,1-3H3,(H,15,18). The van der Waals surface area contributed by atoms with Gasteiger partial charge in [-0.2, -0.15) is 0 Å². The number of hydrogen-bond donors (Lipinski definition) is 1. The number of carbonyl (C=O) groups is 3. The maximum atomic E-state index is 12.4. The lowest BCUT2D eigenvalue weighted by atomic mass is 9.70. The van der Waals surface area contributed by atoms with Crippen molar-refractivity contribution in [1.29, 1.82) is 0 Å². The van der Waals surface area contributed by atoms with Crippen LogP contribution in [0.1, 0.15) is 52.9 Å². The minimum Gasteiger partial charge on any atom is -0.464 e. The summed E-state index contributed by atoms with van der Waals surface area (Å²) < 4.78 is 4.86. The number of hydrogen-bond acceptors (Lipinski definition) is 4. The minimum atomic E-state index is -0.938. The van der Waals surface area contributed by atoms with Crippen LogP contribution in [0.3, 0.4) is 0 Å². The summed E-state index contributed by atoms with van der Waals surface area (Å²) in [5.41, 5.74) is -0.938. The topological polar surface area (TPSA) is 72.5 Å². The van der Waals surface area contributed by atoms with Crippen LogP contribution in [-0.2, 0) is 19.1 Å². The van der Waals surface area contributed by atoms with Crippen LogP contribution in [0.15, 0.2) is 0 Å². The minimum absolute atomic E-state index is 0.0462. The Balaban J connectivity index is 2.88. The van der Waals surface area contributed by atoms with E-state index in [1.54, 1.807) is 6.92 Å². The van der Waals surface area contributed by atoms with E-state index in [0.29, 0.717) is 12.8 Å². The number of Topliss-reactive ketones (excluding diaryl/α,β-unsaturated/α-hetero) is 1. The summed E-state index contributed by atoms with van der Waals surface area (Å²) in [5.74, 6) is -0.964. The van der Waals surface area contributed by atoms with Crippen LogP contribution < -0.4 is 5.32 Å². The van der Waals surface area contributed by atoms with Crippen molar-refractivity contribution in [2.75, 3.05) is 6.61 Å². The summed E-state index contributed by atoms with van der Waals surface area (Å²) in [6, 6.07) is -0.818. The number of ketones is 1. The summed E-state index contributed by atoms with van der Waals surface area (Å²) in [4.78, 5) is 36.3. The van der Waals surface area contributed by atoms with Crippen molar-refractivity contribution >= 4 is 17.7 Å². The maximum Gasteiger partial charge on any atom is 0.329 e. The molecule has 0 aromatic heterocycles. The molecule has 0 aliphatic carbocycles. The van der Waals surface area contributed by atoms with Crippen molar-refractivity contribution < 1.29 is 19.1 Å². The van der Waals surface area contributed by atoms with Crippen LogP contribution in [0.25, 0.3) is 0 Å². The molecule has 5 heteroatoms. The third-order valence-corrected chi connectivity index (χ3v) is 3.59. The number of nitrogens with one attached hydrogen (secondary N) is 1. The first-order chi connectivity index (χ1) is 9.01. The van der Waals surface area contributed by atoms with Crippen molar-refractivity contribution in [3.8, 4) is 0 Å². The van der Waals surface area contributed by atoms with Crippen molar-refractivity contribution in [1.82, 2.24) is 5.32 Å². The first-order valence-electron chi connectivity index (χ1n) is 7.02. The Morgan fingerprint density at radius 2 is 1.84 bits per heavy atom. The van der Waals surface area contributed by atoms with Crippen LogP contribution in [-0.4, -0.2) is 30.3 Å². The highest BCUT2D eigenvalue weighted by atomic mass is 16.5. The molecule has 1 aliphatic rings. The highest BCUT2D eigenvalue weighted by Crippen LogP contribution is 2.36. The molecule has 5 nitrogen and oxygen atoms in total. The van der Waals surface area contributed by atoms with Gasteiger partial charge in [0.25, 0.3) is 0 Å². The van der Waals surface area contributed by atoms with Gasteiger partial charge in [0, 0.05) is 6.42 Å². The normalized spacial score (nSPS) is 21.9. The Kier molecular flexibility index (Phi) is 5.51. The molecule has 1 atom stereocenters. The molecule has 0 aromatic rings. The van der Waals surface area contributed by atoms with Crippen LogP contribution in [0, 0.1) is 5.41 Å². The zero-order valence-electron chi connectivity index (χ0n) is 12.0. The lowest BCUT2D eigenvalue weighted by molar-refractivity contribution is -0.157. The molecule has 0 saturated carbocycles. The second kappa shape index (κ2) is 6.68. The van der Waals surface area contributed by atoms with Crippen molar-refractivity contribution in [2.24, 2.45) is 5.41 Å². The van der Waals surface area contributed by atoms with Crippen molar-refractivity contribution in [2.45, 2.75) is 58.9 Å². The Bertz CT molecular complexity index is 338. The van der Waals surface area contributed by atoms with E-state index in [1.165, 1.54) is 0 Å². The fourth-order valence-corrected chi connectivity index (χ4v) is 2.72. The van der Waals surface area contributed by atoms with E-state index in [9.17, 15) is 14.4 Å². The van der Waals surface area contributed by atoms with E-state index in [4.69, 9.17) is 4.74 Å². The average molecular weight is 269 g/mol. The quantitative estimate of drug-likeness (QED) is 0.587. The summed E-state index contributed by atoms with van der Waals surface area (Å²) in [6.07, 6.45) is 2.67. The lowest BCUT2D eigenvalue weighted by Gasteiger charge is -2.37. The molecule has 108 valence electrons. The number of piperidine rings is 1. The zero-order valence-corrected chi connectivity index (χ0v) is 12.0. The molecule has 1 heterocycles. The van der Waals surface area contributed by atoms with Gasteiger partial charge in [0.1, 0.15) is 11.5 Å². The van der Waals surface area contributed by atoms with Gasteiger partial charge in [-0.1, -0.05) is 26.7 Å². The van der Waals surface area contributed by atoms with Crippen LogP contribution in [0.5, 0.6) is 0 Å². The molecule has 1 rings (SSSR count). The van der Waals surface area contributed by atoms with E-state index in [1.807, 2.05) is 13.8 Å². The number of esters is 1. The monoisotopic (exact) mass is 269 g/mol. The SMILES string of the molecule is CCCC1(CCC)C(=O)CC(C(=O)OCC)NC1=O. The predicted octanol–water partition coefficient (Wildman–Crippen LogP) is 1.59. The van der Waals surface area contributed by atoms with Gasteiger partial charge in [-0.05, 0) is 19.8 Å². The van der Waals surface area contributed by atoms with Gasteiger partial charge in [-0.3, -0.25) is 9.59 Å². The van der Waals surface area contributed by atoms with Crippen LogP contribution in [0.2, 0.25) is 0 Å². The summed E-state index contributed by atoms with van der Waals surface area (Å²) in [6.45, 7) is 5.85. The number of amides is 1. The zero-order chi connectivity index (χ0) is 14.5. The van der Waals surface area contributed by atoms with Crippen LogP contribution in [0.4, 0.5) is 0 Å². The molecule has 0 aromatic carbocycles. The Labute approximate surface area is 114 Å². The van der Waals surface area contributed by atoms with Gasteiger partial charge in [-0.15, -0.1) is 0 Å². The fraction of sp³-hybridized carbons (Fsp3) is 0.786. The largest absolute Gasteiger partial charge is 0.464 e. The van der Waals surface area contributed by atoms with E-state index >= 15 is 0 Å². The number of ether oxygens (including phenoxy) is 1. The number of carbonyl (C=O) groups excluding carboxylic acids is 3. The molecule has 19 heavy (non-hydrogen) atoms. The Morgan fingerprint density at radius 1 is 1.26 bits per heavy atom. The highest BCUT2D eigenvalue weighted by molar-refractivity contribution is 6.10. The molecule has 0 spiro atoms. The number of rotatable bonds is 6. The Hall–Kier alpha value is -1.39.